The van der Waals surface area contributed by atoms with Gasteiger partial charge in [-0.1, -0.05) is 6.92 Å². The van der Waals surface area contributed by atoms with Crippen LogP contribution in [0, 0.1) is 5.41 Å². The van der Waals surface area contributed by atoms with Gasteiger partial charge in [0.1, 0.15) is 0 Å². The highest BCUT2D eigenvalue weighted by molar-refractivity contribution is 5.83. The molecular formula is C13H26N2O2. The van der Waals surface area contributed by atoms with Gasteiger partial charge in [0.25, 0.3) is 0 Å². The molecule has 0 aromatic carbocycles. The number of hydrogen-bond donors (Lipinski definition) is 1. The Kier molecular flexibility index (Phi) is 5.40. The molecule has 0 saturated carbocycles. The molecule has 100 valence electrons. The molecule has 0 aromatic heterocycles. The van der Waals surface area contributed by atoms with Gasteiger partial charge in [-0.2, -0.15) is 0 Å². The van der Waals surface area contributed by atoms with Crippen LogP contribution in [0.15, 0.2) is 0 Å². The standard InChI is InChI=1S/C13H26N2O2/c1-4-7-15(11(2)3)12(16)13(10-14)5-8-17-9-6-13/h11H,4-10,14H2,1-3H3. The lowest BCUT2D eigenvalue weighted by Gasteiger charge is -2.40. The first-order valence-corrected chi connectivity index (χ1v) is 6.66. The van der Waals surface area contributed by atoms with Crippen molar-refractivity contribution < 1.29 is 9.53 Å². The van der Waals surface area contributed by atoms with Gasteiger partial charge < -0.3 is 15.4 Å². The molecule has 1 aliphatic heterocycles. The van der Waals surface area contributed by atoms with Gasteiger partial charge in [-0.05, 0) is 33.1 Å². The second kappa shape index (κ2) is 6.36. The maximum absolute atomic E-state index is 12.7. The molecule has 1 amide bonds. The van der Waals surface area contributed by atoms with Crippen LogP contribution in [-0.2, 0) is 9.53 Å². The van der Waals surface area contributed by atoms with Gasteiger partial charge in [-0.15, -0.1) is 0 Å². The van der Waals surface area contributed by atoms with Crippen LogP contribution in [0.3, 0.4) is 0 Å². The molecule has 4 heteroatoms. The summed E-state index contributed by atoms with van der Waals surface area (Å²) in [5, 5.41) is 0. The molecule has 1 aliphatic rings. The maximum Gasteiger partial charge on any atom is 0.230 e. The van der Waals surface area contributed by atoms with E-state index in [4.69, 9.17) is 10.5 Å². The fraction of sp³-hybridized carbons (Fsp3) is 0.923. The van der Waals surface area contributed by atoms with Crippen molar-refractivity contribution in [1.82, 2.24) is 4.90 Å². The van der Waals surface area contributed by atoms with E-state index in [9.17, 15) is 4.79 Å². The highest BCUT2D eigenvalue weighted by Crippen LogP contribution is 2.32. The van der Waals surface area contributed by atoms with Crippen molar-refractivity contribution in [3.8, 4) is 0 Å². The summed E-state index contributed by atoms with van der Waals surface area (Å²) in [5.74, 6) is 0.222. The number of nitrogens with zero attached hydrogens (tertiary/aromatic N) is 1. The summed E-state index contributed by atoms with van der Waals surface area (Å²) in [7, 11) is 0. The topological polar surface area (TPSA) is 55.6 Å². The molecule has 2 N–H and O–H groups in total. The predicted molar refractivity (Wildman–Crippen MR) is 68.7 cm³/mol. The van der Waals surface area contributed by atoms with Crippen molar-refractivity contribution in [3.05, 3.63) is 0 Å². The molecule has 0 unspecified atom stereocenters. The highest BCUT2D eigenvalue weighted by Gasteiger charge is 2.41. The first-order valence-electron chi connectivity index (χ1n) is 6.66. The van der Waals surface area contributed by atoms with Crippen molar-refractivity contribution in [1.29, 1.82) is 0 Å². The Morgan fingerprint density at radius 3 is 2.41 bits per heavy atom. The summed E-state index contributed by atoms with van der Waals surface area (Å²) < 4.78 is 5.35. The summed E-state index contributed by atoms with van der Waals surface area (Å²) in [6.45, 7) is 8.79. The molecule has 1 rings (SSSR count). The minimum absolute atomic E-state index is 0.222. The number of rotatable bonds is 5. The van der Waals surface area contributed by atoms with Gasteiger partial charge in [0.2, 0.25) is 5.91 Å². The van der Waals surface area contributed by atoms with Crippen LogP contribution in [0.2, 0.25) is 0 Å². The fourth-order valence-electron chi connectivity index (χ4n) is 2.41. The Labute approximate surface area is 104 Å². The largest absolute Gasteiger partial charge is 0.381 e. The zero-order chi connectivity index (χ0) is 12.9. The number of hydrogen-bond acceptors (Lipinski definition) is 3. The van der Waals surface area contributed by atoms with Crippen LogP contribution in [0.5, 0.6) is 0 Å². The van der Waals surface area contributed by atoms with Crippen LogP contribution in [0.25, 0.3) is 0 Å². The van der Waals surface area contributed by atoms with Gasteiger partial charge in [0.05, 0.1) is 5.41 Å². The molecule has 0 bridgehead atoms. The van der Waals surface area contributed by atoms with E-state index in [-0.39, 0.29) is 17.4 Å². The second-order valence-electron chi connectivity index (χ2n) is 5.19. The van der Waals surface area contributed by atoms with E-state index in [1.165, 1.54) is 0 Å². The Hall–Kier alpha value is -0.610. The van der Waals surface area contributed by atoms with Crippen LogP contribution in [-0.4, -0.2) is 43.2 Å². The van der Waals surface area contributed by atoms with Crippen LogP contribution < -0.4 is 5.73 Å². The van der Waals surface area contributed by atoms with E-state index >= 15 is 0 Å². The van der Waals surface area contributed by atoms with Gasteiger partial charge in [-0.3, -0.25) is 4.79 Å². The monoisotopic (exact) mass is 242 g/mol. The third-order valence-corrected chi connectivity index (χ3v) is 3.64. The molecule has 0 aliphatic carbocycles. The van der Waals surface area contributed by atoms with Crippen molar-refractivity contribution in [2.45, 2.75) is 46.1 Å². The van der Waals surface area contributed by atoms with Gasteiger partial charge in [0.15, 0.2) is 0 Å². The van der Waals surface area contributed by atoms with E-state index in [0.29, 0.717) is 19.8 Å². The van der Waals surface area contributed by atoms with Crippen LogP contribution >= 0.6 is 0 Å². The molecule has 1 heterocycles. The Morgan fingerprint density at radius 1 is 1.41 bits per heavy atom. The minimum atomic E-state index is -0.377. The minimum Gasteiger partial charge on any atom is -0.381 e. The Morgan fingerprint density at radius 2 is 2.00 bits per heavy atom. The Balaban J connectivity index is 2.81. The average molecular weight is 242 g/mol. The van der Waals surface area contributed by atoms with Crippen molar-refractivity contribution in [2.24, 2.45) is 11.1 Å². The lowest BCUT2D eigenvalue weighted by Crippen LogP contribution is -2.53. The number of ether oxygens (including phenoxy) is 1. The molecule has 17 heavy (non-hydrogen) atoms. The number of carbonyl (C=O) groups is 1. The van der Waals surface area contributed by atoms with Crippen molar-refractivity contribution in [2.75, 3.05) is 26.3 Å². The second-order valence-corrected chi connectivity index (χ2v) is 5.19. The van der Waals surface area contributed by atoms with Gasteiger partial charge in [-0.25, -0.2) is 0 Å². The summed E-state index contributed by atoms with van der Waals surface area (Å²) in [5.41, 5.74) is 5.49. The zero-order valence-electron chi connectivity index (χ0n) is 11.4. The van der Waals surface area contributed by atoms with E-state index in [1.807, 2.05) is 4.90 Å². The lowest BCUT2D eigenvalue weighted by molar-refractivity contribution is -0.149. The van der Waals surface area contributed by atoms with Gasteiger partial charge >= 0.3 is 0 Å². The predicted octanol–water partition coefficient (Wildman–Crippen LogP) is 1.39. The SMILES string of the molecule is CCCN(C(=O)C1(CN)CCOCC1)C(C)C. The summed E-state index contributed by atoms with van der Waals surface area (Å²) in [6.07, 6.45) is 2.51. The first kappa shape index (κ1) is 14.5. The molecule has 0 aromatic rings. The number of amides is 1. The number of nitrogens with two attached hydrogens (primary N) is 1. The average Bonchev–Trinajstić information content (AvgIpc) is 2.35. The Bertz CT molecular complexity index is 248. The summed E-state index contributed by atoms with van der Waals surface area (Å²) >= 11 is 0. The van der Waals surface area contributed by atoms with E-state index in [1.54, 1.807) is 0 Å². The van der Waals surface area contributed by atoms with Crippen LogP contribution in [0.4, 0.5) is 0 Å². The normalized spacial score (nSPS) is 19.4. The molecule has 0 spiro atoms. The third-order valence-electron chi connectivity index (χ3n) is 3.64. The van der Waals surface area contributed by atoms with E-state index in [0.717, 1.165) is 25.8 Å². The highest BCUT2D eigenvalue weighted by atomic mass is 16.5. The van der Waals surface area contributed by atoms with E-state index < -0.39 is 0 Å². The van der Waals surface area contributed by atoms with Gasteiger partial charge in [0, 0.05) is 32.3 Å². The summed E-state index contributed by atoms with van der Waals surface area (Å²) in [4.78, 5) is 14.6. The quantitative estimate of drug-likeness (QED) is 0.792. The van der Waals surface area contributed by atoms with E-state index in [2.05, 4.69) is 20.8 Å². The first-order chi connectivity index (χ1) is 8.07. The molecule has 0 atom stereocenters. The summed E-state index contributed by atoms with van der Waals surface area (Å²) in [6, 6.07) is 0.244. The molecule has 4 nitrogen and oxygen atoms in total. The molecular weight excluding hydrogens is 216 g/mol. The fourth-order valence-corrected chi connectivity index (χ4v) is 2.41. The maximum atomic E-state index is 12.7. The van der Waals surface area contributed by atoms with Crippen molar-refractivity contribution >= 4 is 5.91 Å². The van der Waals surface area contributed by atoms with Crippen molar-refractivity contribution in [3.63, 3.8) is 0 Å². The smallest absolute Gasteiger partial charge is 0.230 e. The lowest BCUT2D eigenvalue weighted by atomic mass is 9.78. The molecule has 1 fully saturated rings. The number of carbonyl (C=O) groups excluding carboxylic acids is 1. The zero-order valence-corrected chi connectivity index (χ0v) is 11.4. The molecule has 1 saturated heterocycles. The van der Waals surface area contributed by atoms with Crippen LogP contribution in [0.1, 0.15) is 40.0 Å². The third kappa shape index (κ3) is 3.19. The molecule has 0 radical (unpaired) electrons.